The lowest BCUT2D eigenvalue weighted by Gasteiger charge is -2.00. The molecule has 0 aromatic rings. The first-order valence-electron chi connectivity index (χ1n) is 3.78. The molecule has 0 aliphatic rings. The number of hydrogen-bond donors (Lipinski definition) is 1. The van der Waals surface area contributed by atoms with Crippen molar-refractivity contribution < 1.29 is 5.11 Å². The molecule has 0 aliphatic carbocycles. The second kappa shape index (κ2) is 6.09. The van der Waals surface area contributed by atoms with E-state index < -0.39 is 0 Å². The molecule has 0 aliphatic heterocycles. The molecule has 0 rings (SSSR count). The van der Waals surface area contributed by atoms with Crippen LogP contribution >= 0.6 is 0 Å². The van der Waals surface area contributed by atoms with Crippen LogP contribution < -0.4 is 0 Å². The van der Waals surface area contributed by atoms with Crippen molar-refractivity contribution in [1.29, 1.82) is 0 Å². The number of rotatable bonds is 5. The Morgan fingerprint density at radius 1 is 1.22 bits per heavy atom. The first-order valence-corrected chi connectivity index (χ1v) is 3.78. The molecule has 1 nitrogen and oxygen atoms in total. The van der Waals surface area contributed by atoms with Gasteiger partial charge >= 0.3 is 0 Å². The zero-order valence-corrected chi connectivity index (χ0v) is 6.48. The van der Waals surface area contributed by atoms with Gasteiger partial charge in [0.1, 0.15) is 0 Å². The summed E-state index contributed by atoms with van der Waals surface area (Å²) in [6.45, 7) is 3.96. The molecule has 0 bridgehead atoms. The number of hydrogen-bond acceptors (Lipinski definition) is 1. The van der Waals surface area contributed by atoms with Crippen molar-refractivity contribution in [1.82, 2.24) is 0 Å². The van der Waals surface area contributed by atoms with Crippen molar-refractivity contribution in [2.45, 2.75) is 46.0 Å². The molecule has 1 radical (unpaired) electrons. The van der Waals surface area contributed by atoms with Crippen LogP contribution in [0.15, 0.2) is 0 Å². The fraction of sp³-hybridized carbons (Fsp3) is 0.875. The summed E-state index contributed by atoms with van der Waals surface area (Å²) in [6.07, 6.45) is 6.44. The zero-order valence-electron chi connectivity index (χ0n) is 6.48. The highest BCUT2D eigenvalue weighted by Crippen LogP contribution is 2.08. The van der Waals surface area contributed by atoms with Gasteiger partial charge in [-0.05, 0) is 13.3 Å². The molecule has 0 heterocycles. The lowest BCUT2D eigenvalue weighted by molar-refractivity contribution is 0.290. The molecule has 0 unspecified atom stereocenters. The van der Waals surface area contributed by atoms with E-state index in [1.165, 1.54) is 19.3 Å². The van der Waals surface area contributed by atoms with Crippen molar-refractivity contribution >= 4 is 0 Å². The maximum atomic E-state index is 8.77. The van der Waals surface area contributed by atoms with Crippen LogP contribution in [0.3, 0.4) is 0 Å². The van der Waals surface area contributed by atoms with Gasteiger partial charge in [0, 0.05) is 0 Å². The molecule has 55 valence electrons. The maximum Gasteiger partial charge on any atom is 0.0902 e. The standard InChI is InChI=1S/C8H17O/c1-3-4-5-6-7-8(2)9/h9H,3-7H2,1-2H3. The van der Waals surface area contributed by atoms with Crippen molar-refractivity contribution in [3.63, 3.8) is 0 Å². The van der Waals surface area contributed by atoms with Gasteiger partial charge in [-0.25, -0.2) is 0 Å². The molecule has 1 heteroatoms. The van der Waals surface area contributed by atoms with E-state index in [4.69, 9.17) is 5.11 Å². The second-order valence-corrected chi connectivity index (χ2v) is 2.55. The van der Waals surface area contributed by atoms with Crippen LogP contribution in [0, 0.1) is 6.10 Å². The third-order valence-corrected chi connectivity index (χ3v) is 1.39. The SMILES string of the molecule is CCCCCC[C](C)O. The van der Waals surface area contributed by atoms with Gasteiger partial charge in [-0.3, -0.25) is 0 Å². The second-order valence-electron chi connectivity index (χ2n) is 2.55. The van der Waals surface area contributed by atoms with Gasteiger partial charge in [0.25, 0.3) is 0 Å². The van der Waals surface area contributed by atoms with Crippen LogP contribution in [0.2, 0.25) is 0 Å². The summed E-state index contributed by atoms with van der Waals surface area (Å²) in [4.78, 5) is 0. The van der Waals surface area contributed by atoms with Crippen molar-refractivity contribution in [3.05, 3.63) is 6.10 Å². The van der Waals surface area contributed by atoms with Gasteiger partial charge in [0.05, 0.1) is 6.10 Å². The molecule has 0 saturated carbocycles. The average molecular weight is 129 g/mol. The van der Waals surface area contributed by atoms with Crippen LogP contribution in [-0.2, 0) is 0 Å². The fourth-order valence-electron chi connectivity index (χ4n) is 0.808. The molecule has 0 aromatic heterocycles. The highest BCUT2D eigenvalue weighted by Gasteiger charge is 1.94. The molecule has 0 amide bonds. The van der Waals surface area contributed by atoms with Gasteiger partial charge in [0.15, 0.2) is 0 Å². The third kappa shape index (κ3) is 7.96. The summed E-state index contributed by atoms with van der Waals surface area (Å²) in [6, 6.07) is 0. The number of aliphatic hydroxyl groups is 1. The summed E-state index contributed by atoms with van der Waals surface area (Å²) in [5, 5.41) is 8.77. The van der Waals surface area contributed by atoms with Crippen LogP contribution in [-0.4, -0.2) is 5.11 Å². The van der Waals surface area contributed by atoms with E-state index in [9.17, 15) is 0 Å². The Bertz CT molecular complexity index is 50.5. The topological polar surface area (TPSA) is 20.2 Å². The highest BCUT2D eigenvalue weighted by atomic mass is 16.3. The van der Waals surface area contributed by atoms with Crippen molar-refractivity contribution in [3.8, 4) is 0 Å². The first-order chi connectivity index (χ1) is 4.27. The normalized spacial score (nSPS) is 10.7. The molecule has 1 N–H and O–H groups in total. The van der Waals surface area contributed by atoms with E-state index in [1.807, 2.05) is 0 Å². The molecule has 0 aromatic carbocycles. The number of aliphatic hydroxyl groups excluding tert-OH is 1. The summed E-state index contributed by atoms with van der Waals surface area (Å²) < 4.78 is 0. The predicted octanol–water partition coefficient (Wildman–Crippen LogP) is 2.88. The Morgan fingerprint density at radius 2 is 1.89 bits per heavy atom. The predicted molar refractivity (Wildman–Crippen MR) is 39.6 cm³/mol. The van der Waals surface area contributed by atoms with Gasteiger partial charge in [0.2, 0.25) is 0 Å². The Morgan fingerprint density at radius 3 is 2.33 bits per heavy atom. The minimum atomic E-state index is 0.575. The van der Waals surface area contributed by atoms with Gasteiger partial charge in [-0.1, -0.05) is 32.6 Å². The molecule has 0 saturated heterocycles. The Kier molecular flexibility index (Phi) is 6.06. The van der Waals surface area contributed by atoms with Gasteiger partial charge in [-0.2, -0.15) is 0 Å². The van der Waals surface area contributed by atoms with Crippen LogP contribution in [0.25, 0.3) is 0 Å². The molecular formula is C8H17O. The van der Waals surface area contributed by atoms with E-state index in [0.29, 0.717) is 6.10 Å². The monoisotopic (exact) mass is 129 g/mol. The molecule has 0 fully saturated rings. The van der Waals surface area contributed by atoms with Crippen LogP contribution in [0.4, 0.5) is 0 Å². The quantitative estimate of drug-likeness (QED) is 0.566. The smallest absolute Gasteiger partial charge is 0.0902 e. The minimum absolute atomic E-state index is 0.575. The van der Waals surface area contributed by atoms with E-state index in [1.54, 1.807) is 6.92 Å². The third-order valence-electron chi connectivity index (χ3n) is 1.39. The van der Waals surface area contributed by atoms with Crippen molar-refractivity contribution in [2.24, 2.45) is 0 Å². The van der Waals surface area contributed by atoms with Crippen LogP contribution in [0.5, 0.6) is 0 Å². The lowest BCUT2D eigenvalue weighted by atomic mass is 10.1. The summed E-state index contributed by atoms with van der Waals surface area (Å²) in [5.41, 5.74) is 0. The van der Waals surface area contributed by atoms with Gasteiger partial charge in [-0.15, -0.1) is 0 Å². The first kappa shape index (κ1) is 8.96. The maximum absolute atomic E-state index is 8.77. The van der Waals surface area contributed by atoms with Crippen molar-refractivity contribution in [2.75, 3.05) is 0 Å². The molecule has 0 spiro atoms. The van der Waals surface area contributed by atoms with Crippen LogP contribution in [0.1, 0.15) is 46.0 Å². The lowest BCUT2D eigenvalue weighted by Crippen LogP contribution is -1.87. The Labute approximate surface area is 58.1 Å². The summed E-state index contributed by atoms with van der Waals surface area (Å²) in [5.74, 6) is 0. The van der Waals surface area contributed by atoms with E-state index in [0.717, 1.165) is 12.8 Å². The molecule has 0 atom stereocenters. The van der Waals surface area contributed by atoms with Gasteiger partial charge < -0.3 is 5.11 Å². The minimum Gasteiger partial charge on any atom is -0.387 e. The average Bonchev–Trinajstić information content (AvgIpc) is 1.80. The largest absolute Gasteiger partial charge is 0.387 e. The zero-order chi connectivity index (χ0) is 7.11. The van der Waals surface area contributed by atoms with E-state index >= 15 is 0 Å². The van der Waals surface area contributed by atoms with E-state index in [-0.39, 0.29) is 0 Å². The Hall–Kier alpha value is -0.0400. The van der Waals surface area contributed by atoms with E-state index in [2.05, 4.69) is 6.92 Å². The fourth-order valence-corrected chi connectivity index (χ4v) is 0.808. The summed E-state index contributed by atoms with van der Waals surface area (Å²) >= 11 is 0. The molecule has 9 heavy (non-hydrogen) atoms. The summed E-state index contributed by atoms with van der Waals surface area (Å²) in [7, 11) is 0. The Balaban J connectivity index is 2.75. The number of unbranched alkanes of at least 4 members (excludes halogenated alkanes) is 3. The molecular weight excluding hydrogens is 112 g/mol. The highest BCUT2D eigenvalue weighted by molar-refractivity contribution is 4.65.